The van der Waals surface area contributed by atoms with Crippen molar-refractivity contribution >= 4 is 11.8 Å². The zero-order valence-corrected chi connectivity index (χ0v) is 17.1. The minimum absolute atomic E-state index is 0.0351. The lowest BCUT2D eigenvalue weighted by Gasteiger charge is -2.26. The average molecular weight is 424 g/mol. The highest BCUT2D eigenvalue weighted by atomic mass is 16.7. The largest absolute Gasteiger partial charge is 0.490 e. The molecule has 3 aliphatic rings. The molecule has 8 nitrogen and oxygen atoms in total. The van der Waals surface area contributed by atoms with Crippen LogP contribution < -0.4 is 24.3 Å². The second-order valence-corrected chi connectivity index (χ2v) is 7.75. The third-order valence-electron chi connectivity index (χ3n) is 5.76. The molecular weight excluding hydrogens is 400 g/mol. The van der Waals surface area contributed by atoms with E-state index in [1.807, 2.05) is 23.1 Å². The van der Waals surface area contributed by atoms with E-state index in [4.69, 9.17) is 18.9 Å². The normalized spacial score (nSPS) is 19.1. The fourth-order valence-electron chi connectivity index (χ4n) is 4.20. The van der Waals surface area contributed by atoms with Gasteiger partial charge in [0.05, 0.1) is 25.8 Å². The molecule has 0 aliphatic carbocycles. The molecule has 1 atom stereocenters. The summed E-state index contributed by atoms with van der Waals surface area (Å²) in [7, 11) is 0. The predicted octanol–water partition coefficient (Wildman–Crippen LogP) is 2.67. The molecule has 31 heavy (non-hydrogen) atoms. The smallest absolute Gasteiger partial charge is 0.251 e. The summed E-state index contributed by atoms with van der Waals surface area (Å²) in [4.78, 5) is 27.2. The topological polar surface area (TPSA) is 86.3 Å². The summed E-state index contributed by atoms with van der Waals surface area (Å²) in [5.74, 6) is 2.19. The minimum atomic E-state index is -0.321. The first-order chi connectivity index (χ1) is 15.2. The first kappa shape index (κ1) is 19.5. The van der Waals surface area contributed by atoms with E-state index < -0.39 is 0 Å². The van der Waals surface area contributed by atoms with Crippen LogP contribution in [0.15, 0.2) is 36.4 Å². The first-order valence-corrected chi connectivity index (χ1v) is 10.6. The van der Waals surface area contributed by atoms with Crippen LogP contribution in [0.3, 0.4) is 0 Å². The Hall–Kier alpha value is -3.42. The van der Waals surface area contributed by atoms with Crippen molar-refractivity contribution in [3.8, 4) is 23.0 Å². The lowest BCUT2D eigenvalue weighted by atomic mass is 10.0. The van der Waals surface area contributed by atoms with Crippen molar-refractivity contribution in [2.45, 2.75) is 25.3 Å². The van der Waals surface area contributed by atoms with Crippen molar-refractivity contribution in [3.63, 3.8) is 0 Å². The lowest BCUT2D eigenvalue weighted by Crippen LogP contribution is -2.39. The number of hydrogen-bond donors (Lipinski definition) is 1. The van der Waals surface area contributed by atoms with E-state index in [1.54, 1.807) is 18.2 Å². The molecule has 3 heterocycles. The SMILES string of the molecule is O=C(NCC(=O)N1CCCC1c1ccc2c(c1)OCCCO2)c1ccc2c(c1)OCO2. The maximum Gasteiger partial charge on any atom is 0.251 e. The summed E-state index contributed by atoms with van der Waals surface area (Å²) in [5, 5.41) is 2.73. The molecule has 162 valence electrons. The van der Waals surface area contributed by atoms with E-state index in [0.717, 1.165) is 36.3 Å². The Morgan fingerprint density at radius 1 is 0.903 bits per heavy atom. The van der Waals surface area contributed by atoms with Crippen molar-refractivity contribution in [2.24, 2.45) is 0 Å². The minimum Gasteiger partial charge on any atom is -0.490 e. The second kappa shape index (κ2) is 8.37. The number of carbonyl (C=O) groups excluding carboxylic acids is 2. The Kier molecular flexibility index (Phi) is 5.28. The number of rotatable bonds is 4. The molecule has 1 fully saturated rings. The first-order valence-electron chi connectivity index (χ1n) is 10.6. The van der Waals surface area contributed by atoms with Crippen LogP contribution in [-0.2, 0) is 4.79 Å². The van der Waals surface area contributed by atoms with E-state index in [2.05, 4.69) is 5.32 Å². The van der Waals surface area contributed by atoms with Gasteiger partial charge in [-0.05, 0) is 48.7 Å². The molecule has 0 radical (unpaired) electrons. The van der Waals surface area contributed by atoms with Crippen LogP contribution in [-0.4, -0.2) is 49.8 Å². The standard InChI is InChI=1S/C23H24N2O6/c26-22(13-24-23(27)16-5-7-19-21(12-16)31-14-30-19)25-8-1-3-17(25)15-4-6-18-20(11-15)29-10-2-9-28-18/h4-7,11-12,17H,1-3,8-10,13-14H2,(H,24,27). The Bertz CT molecular complexity index is 1010. The van der Waals surface area contributed by atoms with Crippen LogP contribution in [0.25, 0.3) is 0 Å². The molecule has 2 amide bonds. The molecule has 2 aromatic carbocycles. The zero-order valence-electron chi connectivity index (χ0n) is 17.1. The van der Waals surface area contributed by atoms with Crippen molar-refractivity contribution in [2.75, 3.05) is 33.1 Å². The zero-order chi connectivity index (χ0) is 21.2. The Balaban J connectivity index is 1.24. The highest BCUT2D eigenvalue weighted by Crippen LogP contribution is 2.38. The van der Waals surface area contributed by atoms with Gasteiger partial charge >= 0.3 is 0 Å². The highest BCUT2D eigenvalue weighted by Gasteiger charge is 2.31. The Labute approximate surface area is 180 Å². The van der Waals surface area contributed by atoms with Crippen LogP contribution in [0.1, 0.15) is 41.2 Å². The third-order valence-corrected chi connectivity index (χ3v) is 5.76. The molecule has 0 saturated carbocycles. The van der Waals surface area contributed by atoms with Gasteiger partial charge in [0.25, 0.3) is 5.91 Å². The summed E-state index contributed by atoms with van der Waals surface area (Å²) in [5.41, 5.74) is 1.45. The van der Waals surface area contributed by atoms with Crippen LogP contribution in [0.4, 0.5) is 0 Å². The van der Waals surface area contributed by atoms with Crippen LogP contribution in [0, 0.1) is 0 Å². The molecule has 8 heteroatoms. The van der Waals surface area contributed by atoms with Crippen molar-refractivity contribution < 1.29 is 28.5 Å². The van der Waals surface area contributed by atoms with Gasteiger partial charge in [-0.1, -0.05) is 6.07 Å². The lowest BCUT2D eigenvalue weighted by molar-refractivity contribution is -0.131. The van der Waals surface area contributed by atoms with Gasteiger partial charge in [-0.2, -0.15) is 0 Å². The quantitative estimate of drug-likeness (QED) is 0.812. The fourth-order valence-corrected chi connectivity index (χ4v) is 4.20. The van der Waals surface area contributed by atoms with E-state index in [1.165, 1.54) is 0 Å². The summed E-state index contributed by atoms with van der Waals surface area (Å²) >= 11 is 0. The van der Waals surface area contributed by atoms with Gasteiger partial charge < -0.3 is 29.2 Å². The van der Waals surface area contributed by atoms with E-state index in [9.17, 15) is 9.59 Å². The maximum absolute atomic E-state index is 12.9. The predicted molar refractivity (Wildman–Crippen MR) is 111 cm³/mol. The maximum atomic E-state index is 12.9. The molecule has 3 aliphatic heterocycles. The number of amides is 2. The molecule has 2 aromatic rings. The molecule has 0 spiro atoms. The number of benzene rings is 2. The van der Waals surface area contributed by atoms with E-state index >= 15 is 0 Å². The number of nitrogens with zero attached hydrogens (tertiary/aromatic N) is 1. The van der Waals surface area contributed by atoms with Crippen molar-refractivity contribution in [3.05, 3.63) is 47.5 Å². The van der Waals surface area contributed by atoms with Crippen LogP contribution >= 0.6 is 0 Å². The average Bonchev–Trinajstić information content (AvgIpc) is 3.41. The van der Waals surface area contributed by atoms with E-state index in [0.29, 0.717) is 36.8 Å². The number of nitrogens with one attached hydrogen (secondary N) is 1. The summed E-state index contributed by atoms with van der Waals surface area (Å²) in [6.07, 6.45) is 2.64. The van der Waals surface area contributed by atoms with Gasteiger partial charge in [-0.15, -0.1) is 0 Å². The number of hydrogen-bond acceptors (Lipinski definition) is 6. The van der Waals surface area contributed by atoms with Gasteiger partial charge in [0.1, 0.15) is 0 Å². The van der Waals surface area contributed by atoms with Gasteiger partial charge in [0.2, 0.25) is 12.7 Å². The third kappa shape index (κ3) is 3.97. The Morgan fingerprint density at radius 2 is 1.65 bits per heavy atom. The molecule has 5 rings (SSSR count). The molecule has 1 N–H and O–H groups in total. The van der Waals surface area contributed by atoms with Gasteiger partial charge in [-0.25, -0.2) is 0 Å². The number of fused-ring (bicyclic) bond motifs is 2. The van der Waals surface area contributed by atoms with E-state index in [-0.39, 0.29) is 31.2 Å². The molecular formula is C23H24N2O6. The van der Waals surface area contributed by atoms with Crippen LogP contribution in [0.2, 0.25) is 0 Å². The Morgan fingerprint density at radius 3 is 2.55 bits per heavy atom. The summed E-state index contributed by atoms with van der Waals surface area (Å²) in [6, 6.07) is 10.8. The monoisotopic (exact) mass is 424 g/mol. The highest BCUT2D eigenvalue weighted by molar-refractivity contribution is 5.97. The number of carbonyl (C=O) groups is 2. The van der Waals surface area contributed by atoms with Gasteiger partial charge in [0, 0.05) is 18.5 Å². The fraction of sp³-hybridized carbons (Fsp3) is 0.391. The molecule has 0 aromatic heterocycles. The van der Waals surface area contributed by atoms with Gasteiger partial charge in [0.15, 0.2) is 23.0 Å². The van der Waals surface area contributed by atoms with Crippen molar-refractivity contribution in [1.29, 1.82) is 0 Å². The molecule has 1 unspecified atom stereocenters. The summed E-state index contributed by atoms with van der Waals surface area (Å²) in [6.45, 7) is 2.01. The number of likely N-dealkylation sites (tertiary alicyclic amines) is 1. The molecule has 0 bridgehead atoms. The summed E-state index contributed by atoms with van der Waals surface area (Å²) < 4.78 is 22.1. The van der Waals surface area contributed by atoms with Crippen LogP contribution in [0.5, 0.6) is 23.0 Å². The van der Waals surface area contributed by atoms with Gasteiger partial charge in [-0.3, -0.25) is 9.59 Å². The number of ether oxygens (including phenoxy) is 4. The van der Waals surface area contributed by atoms with Crippen molar-refractivity contribution in [1.82, 2.24) is 10.2 Å². The second-order valence-electron chi connectivity index (χ2n) is 7.75. The molecule has 1 saturated heterocycles.